The van der Waals surface area contributed by atoms with Gasteiger partial charge in [-0.3, -0.25) is 4.98 Å². The quantitative estimate of drug-likeness (QED) is 0.869. The molecule has 0 aliphatic carbocycles. The van der Waals surface area contributed by atoms with Gasteiger partial charge in [-0.05, 0) is 24.7 Å². The molecule has 0 saturated heterocycles. The Morgan fingerprint density at radius 1 is 1.30 bits per heavy atom. The van der Waals surface area contributed by atoms with Crippen molar-refractivity contribution in [1.82, 2.24) is 15.3 Å². The van der Waals surface area contributed by atoms with E-state index in [1.807, 2.05) is 32.3 Å². The lowest BCUT2D eigenvalue weighted by molar-refractivity contribution is 0.414. The predicted molar refractivity (Wildman–Crippen MR) is 79.9 cm³/mol. The fourth-order valence-corrected chi connectivity index (χ4v) is 1.97. The van der Waals surface area contributed by atoms with Crippen LogP contribution in [-0.4, -0.2) is 31.2 Å². The highest BCUT2D eigenvalue weighted by Gasteiger charge is 2.06. The van der Waals surface area contributed by atoms with Gasteiger partial charge in [0, 0.05) is 26.3 Å². The molecule has 0 saturated carbocycles. The summed E-state index contributed by atoms with van der Waals surface area (Å²) in [6.07, 6.45) is 3.55. The highest BCUT2D eigenvalue weighted by atomic mass is 16.5. The highest BCUT2D eigenvalue weighted by Crippen LogP contribution is 2.16. The van der Waals surface area contributed by atoms with Gasteiger partial charge in [0.2, 0.25) is 0 Å². The first-order chi connectivity index (χ1) is 9.72. The molecule has 0 atom stereocenters. The van der Waals surface area contributed by atoms with Crippen molar-refractivity contribution in [3.05, 3.63) is 47.9 Å². The Morgan fingerprint density at radius 3 is 2.90 bits per heavy atom. The fourth-order valence-electron chi connectivity index (χ4n) is 1.97. The third-order valence-corrected chi connectivity index (χ3v) is 2.97. The molecule has 0 unspecified atom stereocenters. The van der Waals surface area contributed by atoms with Crippen LogP contribution in [0.5, 0.6) is 5.75 Å². The van der Waals surface area contributed by atoms with Crippen LogP contribution < -0.4 is 15.0 Å². The van der Waals surface area contributed by atoms with E-state index in [1.54, 1.807) is 19.5 Å². The van der Waals surface area contributed by atoms with Crippen LogP contribution in [0.15, 0.2) is 36.7 Å². The van der Waals surface area contributed by atoms with E-state index in [-0.39, 0.29) is 0 Å². The number of nitrogens with one attached hydrogen (secondary N) is 1. The van der Waals surface area contributed by atoms with Gasteiger partial charge in [-0.2, -0.15) is 0 Å². The summed E-state index contributed by atoms with van der Waals surface area (Å²) >= 11 is 0. The number of nitrogens with zero attached hydrogens (tertiary/aromatic N) is 3. The Labute approximate surface area is 119 Å². The molecule has 20 heavy (non-hydrogen) atoms. The van der Waals surface area contributed by atoms with E-state index in [2.05, 4.69) is 26.3 Å². The SMILES string of the molecule is CNCc1cncc(N(C)Cc2cccc(OC)c2)n1. The lowest BCUT2D eigenvalue weighted by atomic mass is 10.2. The van der Waals surface area contributed by atoms with Crippen molar-refractivity contribution in [2.75, 3.05) is 26.1 Å². The number of hydrogen-bond acceptors (Lipinski definition) is 5. The summed E-state index contributed by atoms with van der Waals surface area (Å²) in [6, 6.07) is 8.03. The second-order valence-corrected chi connectivity index (χ2v) is 4.61. The maximum Gasteiger partial charge on any atom is 0.147 e. The molecule has 1 aromatic carbocycles. The molecule has 5 nitrogen and oxygen atoms in total. The Kier molecular flexibility index (Phi) is 4.90. The smallest absolute Gasteiger partial charge is 0.147 e. The highest BCUT2D eigenvalue weighted by molar-refractivity contribution is 5.38. The topological polar surface area (TPSA) is 50.3 Å². The number of rotatable bonds is 6. The van der Waals surface area contributed by atoms with E-state index < -0.39 is 0 Å². The first-order valence-electron chi connectivity index (χ1n) is 6.52. The number of methoxy groups -OCH3 is 1. The average molecular weight is 272 g/mol. The minimum Gasteiger partial charge on any atom is -0.497 e. The van der Waals surface area contributed by atoms with Crippen molar-refractivity contribution in [2.24, 2.45) is 0 Å². The molecule has 0 fully saturated rings. The summed E-state index contributed by atoms with van der Waals surface area (Å²) < 4.78 is 5.24. The van der Waals surface area contributed by atoms with E-state index in [1.165, 1.54) is 5.56 Å². The zero-order valence-corrected chi connectivity index (χ0v) is 12.1. The second kappa shape index (κ2) is 6.86. The summed E-state index contributed by atoms with van der Waals surface area (Å²) in [5.41, 5.74) is 2.11. The normalized spacial score (nSPS) is 10.3. The molecule has 2 rings (SSSR count). The predicted octanol–water partition coefficient (Wildman–Crippen LogP) is 1.84. The number of anilines is 1. The lowest BCUT2D eigenvalue weighted by Crippen LogP contribution is -2.19. The molecule has 0 aliphatic heterocycles. The molecule has 0 spiro atoms. The Balaban J connectivity index is 2.10. The zero-order chi connectivity index (χ0) is 14.4. The van der Waals surface area contributed by atoms with Crippen LogP contribution in [0.25, 0.3) is 0 Å². The molecule has 106 valence electrons. The molecule has 1 N–H and O–H groups in total. The van der Waals surface area contributed by atoms with Crippen molar-refractivity contribution in [3.63, 3.8) is 0 Å². The van der Waals surface area contributed by atoms with E-state index in [0.29, 0.717) is 6.54 Å². The Bertz CT molecular complexity index is 559. The Morgan fingerprint density at radius 2 is 2.15 bits per heavy atom. The zero-order valence-electron chi connectivity index (χ0n) is 12.1. The summed E-state index contributed by atoms with van der Waals surface area (Å²) in [5, 5.41) is 3.08. The third kappa shape index (κ3) is 3.68. The fraction of sp³-hybridized carbons (Fsp3) is 0.333. The summed E-state index contributed by atoms with van der Waals surface area (Å²) in [6.45, 7) is 1.47. The summed E-state index contributed by atoms with van der Waals surface area (Å²) in [4.78, 5) is 10.9. The van der Waals surface area contributed by atoms with Gasteiger partial charge in [-0.1, -0.05) is 12.1 Å². The third-order valence-electron chi connectivity index (χ3n) is 2.97. The Hall–Kier alpha value is -2.14. The van der Waals surface area contributed by atoms with E-state index in [4.69, 9.17) is 4.74 Å². The van der Waals surface area contributed by atoms with Gasteiger partial charge in [-0.15, -0.1) is 0 Å². The van der Waals surface area contributed by atoms with Gasteiger partial charge >= 0.3 is 0 Å². The van der Waals surface area contributed by atoms with Crippen molar-refractivity contribution in [2.45, 2.75) is 13.1 Å². The van der Waals surface area contributed by atoms with Crippen LogP contribution >= 0.6 is 0 Å². The minimum atomic E-state index is 0.716. The van der Waals surface area contributed by atoms with Crippen LogP contribution in [0.2, 0.25) is 0 Å². The molecular weight excluding hydrogens is 252 g/mol. The largest absolute Gasteiger partial charge is 0.497 e. The second-order valence-electron chi connectivity index (χ2n) is 4.61. The van der Waals surface area contributed by atoms with Crippen molar-refractivity contribution in [1.29, 1.82) is 0 Å². The molecule has 0 radical (unpaired) electrons. The summed E-state index contributed by atoms with van der Waals surface area (Å²) in [7, 11) is 5.58. The van der Waals surface area contributed by atoms with Gasteiger partial charge in [0.15, 0.2) is 0 Å². The molecular formula is C15H20N4O. The van der Waals surface area contributed by atoms with Crippen LogP contribution in [0, 0.1) is 0 Å². The average Bonchev–Trinajstić information content (AvgIpc) is 2.48. The van der Waals surface area contributed by atoms with Gasteiger partial charge in [0.1, 0.15) is 11.6 Å². The molecule has 0 aliphatic rings. The number of ether oxygens (including phenoxy) is 1. The van der Waals surface area contributed by atoms with E-state index >= 15 is 0 Å². The maximum absolute atomic E-state index is 5.24. The summed E-state index contributed by atoms with van der Waals surface area (Å²) in [5.74, 6) is 1.73. The van der Waals surface area contributed by atoms with Crippen LogP contribution in [0.3, 0.4) is 0 Å². The van der Waals surface area contributed by atoms with Crippen molar-refractivity contribution in [3.8, 4) is 5.75 Å². The maximum atomic E-state index is 5.24. The number of benzene rings is 1. The first-order valence-corrected chi connectivity index (χ1v) is 6.52. The van der Waals surface area contributed by atoms with Crippen molar-refractivity contribution >= 4 is 5.82 Å². The van der Waals surface area contributed by atoms with Gasteiger partial charge in [0.05, 0.1) is 19.0 Å². The molecule has 1 heterocycles. The van der Waals surface area contributed by atoms with Gasteiger partial charge in [0.25, 0.3) is 0 Å². The van der Waals surface area contributed by atoms with E-state index in [9.17, 15) is 0 Å². The number of aromatic nitrogens is 2. The first kappa shape index (κ1) is 14.3. The lowest BCUT2D eigenvalue weighted by Gasteiger charge is -2.18. The van der Waals surface area contributed by atoms with Crippen LogP contribution in [0.1, 0.15) is 11.3 Å². The standard InChI is InChI=1S/C15H20N4O/c1-16-8-13-9-17-10-15(18-13)19(2)11-12-5-4-6-14(7-12)20-3/h4-7,9-10,16H,8,11H2,1-3H3. The minimum absolute atomic E-state index is 0.716. The molecule has 1 aromatic heterocycles. The van der Waals surface area contributed by atoms with E-state index in [0.717, 1.165) is 23.8 Å². The molecule has 2 aromatic rings. The molecule has 0 amide bonds. The van der Waals surface area contributed by atoms with Crippen molar-refractivity contribution < 1.29 is 4.74 Å². The van der Waals surface area contributed by atoms with Crippen LogP contribution in [-0.2, 0) is 13.1 Å². The molecule has 0 bridgehead atoms. The van der Waals surface area contributed by atoms with Gasteiger partial charge in [-0.25, -0.2) is 4.98 Å². The molecule has 5 heteroatoms. The number of hydrogen-bond donors (Lipinski definition) is 1. The van der Waals surface area contributed by atoms with Gasteiger partial charge < -0.3 is 15.0 Å². The monoisotopic (exact) mass is 272 g/mol. The van der Waals surface area contributed by atoms with Crippen LogP contribution in [0.4, 0.5) is 5.82 Å².